The molecule has 3 rings (SSSR count). The number of benzene rings is 2. The molecule has 0 bridgehead atoms. The predicted molar refractivity (Wildman–Crippen MR) is 108 cm³/mol. The first-order valence-electron chi connectivity index (χ1n) is 8.20. The molecule has 2 N–H and O–H groups in total. The fourth-order valence-corrected chi connectivity index (χ4v) is 4.59. The molecule has 0 unspecified atom stereocenters. The van der Waals surface area contributed by atoms with Crippen LogP contribution in [0.1, 0.15) is 26.5 Å². The minimum Gasteiger partial charge on any atom is -0.321 e. The molecular weight excluding hydrogens is 382 g/mol. The summed E-state index contributed by atoms with van der Waals surface area (Å²) in [6, 6.07) is 13.8. The molecule has 2 aromatic carbocycles. The fraction of sp³-hybridized carbons (Fsp3) is 0.158. The lowest BCUT2D eigenvalue weighted by Gasteiger charge is -2.08. The van der Waals surface area contributed by atoms with Crippen LogP contribution in [0.25, 0.3) is 0 Å². The number of aryl methyl sites for hydroxylation is 3. The SMILES string of the molecule is Cc1ccc(C)c(NC(=O)c2sc(NS(=O)(=O)c3ccccc3)nc2C)c1. The lowest BCUT2D eigenvalue weighted by Crippen LogP contribution is -2.12. The zero-order chi connectivity index (χ0) is 19.6. The Morgan fingerprint density at radius 1 is 1.04 bits per heavy atom. The van der Waals surface area contributed by atoms with Crippen LogP contribution in [0.5, 0.6) is 0 Å². The summed E-state index contributed by atoms with van der Waals surface area (Å²) in [4.78, 5) is 17.3. The van der Waals surface area contributed by atoms with Crippen molar-refractivity contribution >= 4 is 38.1 Å². The monoisotopic (exact) mass is 401 g/mol. The number of hydrogen-bond donors (Lipinski definition) is 2. The van der Waals surface area contributed by atoms with Crippen molar-refractivity contribution in [2.24, 2.45) is 0 Å². The number of nitrogens with zero attached hydrogens (tertiary/aromatic N) is 1. The fourth-order valence-electron chi connectivity index (χ4n) is 2.47. The molecule has 0 atom stereocenters. The molecule has 0 aliphatic heterocycles. The first kappa shape index (κ1) is 19.1. The van der Waals surface area contributed by atoms with Crippen molar-refractivity contribution in [1.29, 1.82) is 0 Å². The maximum absolute atomic E-state index is 12.6. The van der Waals surface area contributed by atoms with E-state index in [1.807, 2.05) is 32.0 Å². The molecular formula is C19H19N3O3S2. The van der Waals surface area contributed by atoms with Crippen molar-refractivity contribution < 1.29 is 13.2 Å². The van der Waals surface area contributed by atoms with Gasteiger partial charge in [0.05, 0.1) is 10.6 Å². The smallest absolute Gasteiger partial charge is 0.267 e. The van der Waals surface area contributed by atoms with E-state index in [2.05, 4.69) is 15.0 Å². The standard InChI is InChI=1S/C19H19N3O3S2/c1-12-9-10-13(2)16(11-12)21-18(23)17-14(3)20-19(26-17)22-27(24,25)15-7-5-4-6-8-15/h4-11H,1-3H3,(H,20,22)(H,21,23). The Balaban J connectivity index is 1.82. The van der Waals surface area contributed by atoms with Crippen LogP contribution < -0.4 is 10.0 Å². The molecule has 0 spiro atoms. The van der Waals surface area contributed by atoms with E-state index in [1.54, 1.807) is 25.1 Å². The molecule has 0 radical (unpaired) electrons. The third-order valence-electron chi connectivity index (χ3n) is 3.92. The Labute approximate surface area is 162 Å². The third kappa shape index (κ3) is 4.35. The number of thiazole rings is 1. The maximum atomic E-state index is 12.6. The summed E-state index contributed by atoms with van der Waals surface area (Å²) in [7, 11) is -3.75. The number of nitrogens with one attached hydrogen (secondary N) is 2. The van der Waals surface area contributed by atoms with Crippen LogP contribution in [-0.4, -0.2) is 19.3 Å². The largest absolute Gasteiger partial charge is 0.321 e. The lowest BCUT2D eigenvalue weighted by molar-refractivity contribution is 0.102. The van der Waals surface area contributed by atoms with Gasteiger partial charge in [-0.3, -0.25) is 9.52 Å². The zero-order valence-corrected chi connectivity index (χ0v) is 16.7. The minimum absolute atomic E-state index is 0.138. The minimum atomic E-state index is -3.75. The Bertz CT molecular complexity index is 1090. The maximum Gasteiger partial charge on any atom is 0.267 e. The highest BCUT2D eigenvalue weighted by Crippen LogP contribution is 2.26. The molecule has 1 heterocycles. The Hall–Kier alpha value is -2.71. The van der Waals surface area contributed by atoms with Gasteiger partial charge in [0.2, 0.25) is 0 Å². The summed E-state index contributed by atoms with van der Waals surface area (Å²) in [5.41, 5.74) is 3.17. The summed E-state index contributed by atoms with van der Waals surface area (Å²) in [5.74, 6) is -0.316. The molecule has 1 aromatic heterocycles. The zero-order valence-electron chi connectivity index (χ0n) is 15.1. The molecule has 1 amide bonds. The van der Waals surface area contributed by atoms with E-state index in [0.717, 1.165) is 28.2 Å². The average molecular weight is 402 g/mol. The predicted octanol–water partition coefficient (Wildman–Crippen LogP) is 4.12. The molecule has 0 aliphatic carbocycles. The number of aromatic nitrogens is 1. The van der Waals surface area contributed by atoms with Gasteiger partial charge in [-0.2, -0.15) is 0 Å². The molecule has 0 saturated heterocycles. The number of amides is 1. The van der Waals surface area contributed by atoms with Crippen molar-refractivity contribution in [2.45, 2.75) is 25.7 Å². The Morgan fingerprint density at radius 2 is 1.74 bits per heavy atom. The normalized spacial score (nSPS) is 11.2. The average Bonchev–Trinajstić information content (AvgIpc) is 2.98. The van der Waals surface area contributed by atoms with E-state index in [1.165, 1.54) is 12.1 Å². The van der Waals surface area contributed by atoms with E-state index in [9.17, 15) is 13.2 Å². The molecule has 3 aromatic rings. The number of carbonyl (C=O) groups is 1. The van der Waals surface area contributed by atoms with Gasteiger partial charge in [-0.15, -0.1) is 0 Å². The molecule has 27 heavy (non-hydrogen) atoms. The quantitative estimate of drug-likeness (QED) is 0.673. The van der Waals surface area contributed by atoms with E-state index in [0.29, 0.717) is 10.6 Å². The van der Waals surface area contributed by atoms with E-state index >= 15 is 0 Å². The Kier molecular flexibility index (Phi) is 5.29. The van der Waals surface area contributed by atoms with E-state index in [4.69, 9.17) is 0 Å². The second-order valence-electron chi connectivity index (χ2n) is 6.12. The van der Waals surface area contributed by atoms with Gasteiger partial charge in [-0.1, -0.05) is 41.7 Å². The first-order chi connectivity index (χ1) is 12.8. The summed E-state index contributed by atoms with van der Waals surface area (Å²) in [6.07, 6.45) is 0. The van der Waals surface area contributed by atoms with Crippen LogP contribution in [-0.2, 0) is 10.0 Å². The Morgan fingerprint density at radius 3 is 2.44 bits per heavy atom. The molecule has 0 saturated carbocycles. The van der Waals surface area contributed by atoms with Crippen LogP contribution in [0.3, 0.4) is 0 Å². The number of anilines is 2. The van der Waals surface area contributed by atoms with Crippen LogP contribution in [0, 0.1) is 20.8 Å². The van der Waals surface area contributed by atoms with Gasteiger partial charge in [-0.05, 0) is 50.1 Å². The van der Waals surface area contributed by atoms with Crippen LogP contribution in [0.2, 0.25) is 0 Å². The van der Waals surface area contributed by atoms with Crippen molar-refractivity contribution in [3.63, 3.8) is 0 Å². The van der Waals surface area contributed by atoms with Gasteiger partial charge in [-0.25, -0.2) is 13.4 Å². The van der Waals surface area contributed by atoms with Crippen molar-refractivity contribution in [3.8, 4) is 0 Å². The molecule has 140 valence electrons. The highest BCUT2D eigenvalue weighted by Gasteiger charge is 2.20. The van der Waals surface area contributed by atoms with Crippen molar-refractivity contribution in [1.82, 2.24) is 4.98 Å². The summed E-state index contributed by atoms with van der Waals surface area (Å²) < 4.78 is 27.3. The van der Waals surface area contributed by atoms with Gasteiger partial charge >= 0.3 is 0 Å². The first-order valence-corrected chi connectivity index (χ1v) is 10.5. The lowest BCUT2D eigenvalue weighted by atomic mass is 10.1. The number of hydrogen-bond acceptors (Lipinski definition) is 5. The van der Waals surface area contributed by atoms with E-state index in [-0.39, 0.29) is 15.9 Å². The second-order valence-corrected chi connectivity index (χ2v) is 8.81. The number of sulfonamides is 1. The number of rotatable bonds is 5. The van der Waals surface area contributed by atoms with Crippen LogP contribution in [0.15, 0.2) is 53.4 Å². The molecule has 6 nitrogen and oxygen atoms in total. The molecule has 8 heteroatoms. The van der Waals surface area contributed by atoms with Crippen molar-refractivity contribution in [2.75, 3.05) is 10.0 Å². The molecule has 0 fully saturated rings. The van der Waals surface area contributed by atoms with Gasteiger partial charge in [0.15, 0.2) is 5.13 Å². The topological polar surface area (TPSA) is 88.2 Å². The van der Waals surface area contributed by atoms with Gasteiger partial charge in [0, 0.05) is 5.69 Å². The van der Waals surface area contributed by atoms with E-state index < -0.39 is 10.0 Å². The van der Waals surface area contributed by atoms with Gasteiger partial charge in [0.1, 0.15) is 4.88 Å². The highest BCUT2D eigenvalue weighted by molar-refractivity contribution is 7.93. The van der Waals surface area contributed by atoms with Gasteiger partial charge < -0.3 is 5.32 Å². The number of carbonyl (C=O) groups excluding carboxylic acids is 1. The van der Waals surface area contributed by atoms with Crippen LogP contribution >= 0.6 is 11.3 Å². The van der Waals surface area contributed by atoms with Crippen molar-refractivity contribution in [3.05, 3.63) is 70.2 Å². The summed E-state index contributed by atoms with van der Waals surface area (Å²) >= 11 is 1.01. The molecule has 0 aliphatic rings. The third-order valence-corrected chi connectivity index (χ3v) is 6.47. The summed E-state index contributed by atoms with van der Waals surface area (Å²) in [6.45, 7) is 5.53. The van der Waals surface area contributed by atoms with Crippen LogP contribution in [0.4, 0.5) is 10.8 Å². The second kappa shape index (κ2) is 7.50. The van der Waals surface area contributed by atoms with Gasteiger partial charge in [0.25, 0.3) is 15.9 Å². The highest BCUT2D eigenvalue weighted by atomic mass is 32.2. The summed E-state index contributed by atoms with van der Waals surface area (Å²) in [5, 5.41) is 3.03.